The third-order valence-electron chi connectivity index (χ3n) is 4.92. The third kappa shape index (κ3) is 4.14. The normalized spacial score (nSPS) is 15.4. The predicted molar refractivity (Wildman–Crippen MR) is 105 cm³/mol. The average Bonchev–Trinajstić information content (AvgIpc) is 3.29. The molecule has 1 aromatic carbocycles. The van der Waals surface area contributed by atoms with Gasteiger partial charge in [0.05, 0.1) is 25.0 Å². The van der Waals surface area contributed by atoms with Crippen LogP contribution in [0, 0.1) is 0 Å². The van der Waals surface area contributed by atoms with E-state index in [1.54, 1.807) is 0 Å². The van der Waals surface area contributed by atoms with Crippen LogP contribution < -0.4 is 4.74 Å². The minimum absolute atomic E-state index is 0.654. The van der Waals surface area contributed by atoms with Gasteiger partial charge in [0.1, 0.15) is 23.7 Å². The Kier molecular flexibility index (Phi) is 5.69. The number of benzene rings is 1. The summed E-state index contributed by atoms with van der Waals surface area (Å²) in [4.78, 5) is 10.6. The van der Waals surface area contributed by atoms with Crippen molar-refractivity contribution in [3.63, 3.8) is 0 Å². The molecule has 7 heteroatoms. The van der Waals surface area contributed by atoms with Crippen molar-refractivity contribution in [2.75, 3.05) is 39.5 Å². The topological polar surface area (TPSA) is 68.2 Å². The number of imidazole rings is 1. The van der Waals surface area contributed by atoms with E-state index in [1.807, 2.05) is 35.1 Å². The summed E-state index contributed by atoms with van der Waals surface area (Å²) in [6.07, 6.45) is 4.09. The van der Waals surface area contributed by atoms with Crippen molar-refractivity contribution in [2.24, 2.45) is 0 Å². The van der Waals surface area contributed by atoms with Crippen molar-refractivity contribution in [2.45, 2.75) is 26.3 Å². The predicted octanol–water partition coefficient (Wildman–Crippen LogP) is 2.94. The van der Waals surface area contributed by atoms with Gasteiger partial charge in [0.2, 0.25) is 0 Å². The summed E-state index contributed by atoms with van der Waals surface area (Å²) in [6, 6.07) is 8.07. The molecule has 0 radical (unpaired) electrons. The van der Waals surface area contributed by atoms with Crippen LogP contribution in [0.1, 0.15) is 19.8 Å². The zero-order chi connectivity index (χ0) is 18.5. The molecule has 3 heterocycles. The van der Waals surface area contributed by atoms with Crippen molar-refractivity contribution < 1.29 is 9.47 Å². The van der Waals surface area contributed by atoms with Crippen molar-refractivity contribution >= 4 is 11.2 Å². The number of aromatic nitrogens is 4. The van der Waals surface area contributed by atoms with Crippen molar-refractivity contribution in [3.05, 3.63) is 30.5 Å². The number of para-hydroxylation sites is 1. The maximum absolute atomic E-state index is 6.10. The molecule has 0 spiro atoms. The van der Waals surface area contributed by atoms with E-state index in [-0.39, 0.29) is 0 Å². The lowest BCUT2D eigenvalue weighted by molar-refractivity contribution is 0.0323. The van der Waals surface area contributed by atoms with Gasteiger partial charge in [-0.25, -0.2) is 9.67 Å². The monoisotopic (exact) mass is 369 g/mol. The van der Waals surface area contributed by atoms with Crippen molar-refractivity contribution in [3.8, 4) is 17.1 Å². The molecule has 1 aliphatic rings. The van der Waals surface area contributed by atoms with Gasteiger partial charge in [-0.3, -0.25) is 4.90 Å². The van der Waals surface area contributed by atoms with Gasteiger partial charge in [-0.05, 0) is 18.6 Å². The smallest absolute Gasteiger partial charge is 0.176 e. The van der Waals surface area contributed by atoms with E-state index in [9.17, 15) is 0 Å². The van der Waals surface area contributed by atoms with Gasteiger partial charge in [0.15, 0.2) is 5.65 Å². The van der Waals surface area contributed by atoms with Gasteiger partial charge in [0, 0.05) is 26.2 Å². The molecule has 0 aliphatic carbocycles. The number of ether oxygens (including phenoxy) is 2. The Morgan fingerprint density at radius 3 is 2.89 bits per heavy atom. The maximum atomic E-state index is 6.10. The summed E-state index contributed by atoms with van der Waals surface area (Å²) in [5.41, 5.74) is 2.85. The molecule has 2 aromatic heterocycles. The van der Waals surface area contributed by atoms with Gasteiger partial charge in [-0.15, -0.1) is 0 Å². The van der Waals surface area contributed by atoms with Crippen LogP contribution in [0.4, 0.5) is 0 Å². The lowest BCUT2D eigenvalue weighted by Crippen LogP contribution is -2.38. The van der Waals surface area contributed by atoms with E-state index >= 15 is 0 Å². The van der Waals surface area contributed by atoms with Crippen LogP contribution in [0.25, 0.3) is 22.6 Å². The lowest BCUT2D eigenvalue weighted by Gasteiger charge is -2.26. The Hall–Kier alpha value is -2.38. The fourth-order valence-corrected chi connectivity index (χ4v) is 3.34. The first-order valence-electron chi connectivity index (χ1n) is 9.79. The number of H-pyrrole nitrogens is 1. The highest BCUT2D eigenvalue weighted by atomic mass is 16.5. The van der Waals surface area contributed by atoms with Crippen LogP contribution in [-0.2, 0) is 11.3 Å². The molecule has 1 N–H and O–H groups in total. The number of fused-ring (bicyclic) bond motifs is 1. The number of hydrogen-bond donors (Lipinski definition) is 1. The zero-order valence-electron chi connectivity index (χ0n) is 15.9. The standard InChI is InChI=1S/C20H27N5O2/c1-2-3-8-25-20-17(15-21-25)22-19(23-20)16-6-4-5-7-18(16)27-14-11-24-9-12-26-13-10-24/h4-7,15H,2-3,8-14H2,1H3,(H,22,23). The molecular formula is C20H27N5O2. The fourth-order valence-electron chi connectivity index (χ4n) is 3.34. The van der Waals surface area contributed by atoms with E-state index in [2.05, 4.69) is 21.9 Å². The molecule has 0 atom stereocenters. The summed E-state index contributed by atoms with van der Waals surface area (Å²) in [5, 5.41) is 4.43. The fraction of sp³-hybridized carbons (Fsp3) is 0.500. The van der Waals surface area contributed by atoms with Gasteiger partial charge in [0.25, 0.3) is 0 Å². The van der Waals surface area contributed by atoms with E-state index in [4.69, 9.17) is 14.5 Å². The third-order valence-corrected chi connectivity index (χ3v) is 4.92. The highest BCUT2D eigenvalue weighted by molar-refractivity contribution is 5.77. The molecule has 3 aromatic rings. The van der Waals surface area contributed by atoms with Gasteiger partial charge < -0.3 is 14.5 Å². The molecule has 0 amide bonds. The molecule has 27 heavy (non-hydrogen) atoms. The van der Waals surface area contributed by atoms with Crippen LogP contribution >= 0.6 is 0 Å². The Labute approximate surface area is 159 Å². The molecule has 1 saturated heterocycles. The average molecular weight is 369 g/mol. The van der Waals surface area contributed by atoms with E-state index in [0.29, 0.717) is 6.61 Å². The summed E-state index contributed by atoms with van der Waals surface area (Å²) in [5.74, 6) is 1.69. The van der Waals surface area contributed by atoms with Crippen LogP contribution in [0.2, 0.25) is 0 Å². The van der Waals surface area contributed by atoms with Crippen LogP contribution in [0.5, 0.6) is 5.75 Å². The summed E-state index contributed by atoms with van der Waals surface area (Å²) < 4.78 is 13.5. The molecule has 0 unspecified atom stereocenters. The molecule has 0 saturated carbocycles. The van der Waals surface area contributed by atoms with Crippen molar-refractivity contribution in [1.29, 1.82) is 0 Å². The summed E-state index contributed by atoms with van der Waals surface area (Å²) in [7, 11) is 0. The number of unbranched alkanes of at least 4 members (excludes halogenated alkanes) is 1. The SMILES string of the molecule is CCCCn1ncc2[nH]c(-c3ccccc3OCCN3CCOCC3)nc21. The highest BCUT2D eigenvalue weighted by Gasteiger charge is 2.15. The van der Waals surface area contributed by atoms with Crippen LogP contribution in [0.15, 0.2) is 30.5 Å². The molecule has 0 bridgehead atoms. The largest absolute Gasteiger partial charge is 0.491 e. The second-order valence-electron chi connectivity index (χ2n) is 6.84. The van der Waals surface area contributed by atoms with Gasteiger partial charge in [-0.2, -0.15) is 5.10 Å². The minimum atomic E-state index is 0.654. The van der Waals surface area contributed by atoms with E-state index in [1.165, 1.54) is 0 Å². The quantitative estimate of drug-likeness (QED) is 0.661. The highest BCUT2D eigenvalue weighted by Crippen LogP contribution is 2.29. The Morgan fingerprint density at radius 2 is 2.04 bits per heavy atom. The van der Waals surface area contributed by atoms with E-state index in [0.717, 1.165) is 80.5 Å². The minimum Gasteiger partial charge on any atom is -0.491 e. The first-order chi connectivity index (χ1) is 13.3. The number of aryl methyl sites for hydroxylation is 1. The Morgan fingerprint density at radius 1 is 1.19 bits per heavy atom. The first-order valence-corrected chi connectivity index (χ1v) is 9.79. The second kappa shape index (κ2) is 8.54. The molecule has 1 aliphatic heterocycles. The van der Waals surface area contributed by atoms with Gasteiger partial charge >= 0.3 is 0 Å². The Balaban J connectivity index is 1.48. The maximum Gasteiger partial charge on any atom is 0.176 e. The second-order valence-corrected chi connectivity index (χ2v) is 6.84. The Bertz CT molecular complexity index is 866. The number of nitrogens with one attached hydrogen (secondary N) is 1. The first kappa shape index (κ1) is 18.0. The molecule has 4 rings (SSSR count). The number of aromatic amines is 1. The number of morpholine rings is 1. The summed E-state index contributed by atoms with van der Waals surface area (Å²) in [6.45, 7) is 8.20. The molecule has 144 valence electrons. The van der Waals surface area contributed by atoms with Crippen molar-refractivity contribution in [1.82, 2.24) is 24.6 Å². The molecule has 1 fully saturated rings. The van der Waals surface area contributed by atoms with Crippen LogP contribution in [-0.4, -0.2) is 64.1 Å². The van der Waals surface area contributed by atoms with E-state index < -0.39 is 0 Å². The number of hydrogen-bond acceptors (Lipinski definition) is 5. The van der Waals surface area contributed by atoms with Crippen LogP contribution in [0.3, 0.4) is 0 Å². The number of rotatable bonds is 8. The summed E-state index contributed by atoms with van der Waals surface area (Å²) >= 11 is 0. The lowest BCUT2D eigenvalue weighted by atomic mass is 10.2. The van der Waals surface area contributed by atoms with Gasteiger partial charge in [-0.1, -0.05) is 25.5 Å². The number of nitrogens with zero attached hydrogens (tertiary/aromatic N) is 4. The zero-order valence-corrected chi connectivity index (χ0v) is 15.9. The molecule has 7 nitrogen and oxygen atoms in total. The molecular weight excluding hydrogens is 342 g/mol.